The van der Waals surface area contributed by atoms with Gasteiger partial charge in [0.1, 0.15) is 12.6 Å². The molecule has 1 saturated heterocycles. The SMILES string of the molecule is COCCC(NC(=O)OCC1c2ccccc2-c2ccccc21)C(=O)N1C[C@@H]2C(C(=O)O)[C@@H]2C1. The molecule has 1 heterocycles. The van der Waals surface area contributed by atoms with E-state index >= 15 is 0 Å². The van der Waals surface area contributed by atoms with E-state index in [0.29, 0.717) is 26.1 Å². The van der Waals surface area contributed by atoms with Crippen molar-refractivity contribution < 1.29 is 29.0 Å². The van der Waals surface area contributed by atoms with Gasteiger partial charge in [0, 0.05) is 39.1 Å². The van der Waals surface area contributed by atoms with Crippen LogP contribution in [0.25, 0.3) is 11.1 Å². The number of fused-ring (bicyclic) bond motifs is 4. The molecule has 2 aromatic carbocycles. The van der Waals surface area contributed by atoms with E-state index < -0.39 is 18.1 Å². The molecule has 2 fully saturated rings. The number of methoxy groups -OCH3 is 1. The Bertz CT molecular complexity index is 1060. The van der Waals surface area contributed by atoms with Gasteiger partial charge in [0.25, 0.3) is 0 Å². The molecule has 0 bridgehead atoms. The Morgan fingerprint density at radius 2 is 1.62 bits per heavy atom. The van der Waals surface area contributed by atoms with Gasteiger partial charge in [-0.15, -0.1) is 0 Å². The Balaban J connectivity index is 1.21. The van der Waals surface area contributed by atoms with Gasteiger partial charge in [0.15, 0.2) is 0 Å². The van der Waals surface area contributed by atoms with Crippen molar-refractivity contribution in [3.05, 3.63) is 59.7 Å². The van der Waals surface area contributed by atoms with Crippen molar-refractivity contribution in [3.63, 3.8) is 0 Å². The van der Waals surface area contributed by atoms with Gasteiger partial charge in [0.05, 0.1) is 5.92 Å². The number of carboxylic acids is 1. The second-order valence-corrected chi connectivity index (χ2v) is 9.24. The lowest BCUT2D eigenvalue weighted by molar-refractivity contribution is -0.141. The standard InChI is InChI=1S/C26H28N2O6/c1-33-11-10-22(24(29)28-12-19-20(13-28)23(19)25(30)31)27-26(32)34-14-21-17-8-4-2-6-15(17)16-7-3-5-9-18(16)21/h2-9,19-23H,10-14H2,1H3,(H,27,32)(H,30,31)/t19-,20+,22?,23?. The number of carbonyl (C=O) groups is 3. The van der Waals surface area contributed by atoms with Gasteiger partial charge in [-0.2, -0.15) is 0 Å². The third-order valence-electron chi connectivity index (χ3n) is 7.34. The number of ether oxygens (including phenoxy) is 2. The number of likely N-dealkylation sites (tertiary alicyclic amines) is 1. The van der Waals surface area contributed by atoms with E-state index in [0.717, 1.165) is 22.3 Å². The highest BCUT2D eigenvalue weighted by molar-refractivity contribution is 5.87. The van der Waals surface area contributed by atoms with E-state index in [1.54, 1.807) is 4.90 Å². The molecular formula is C26H28N2O6. The number of piperidine rings is 1. The molecule has 4 atom stereocenters. The summed E-state index contributed by atoms with van der Waals surface area (Å²) in [6.45, 7) is 1.30. The molecule has 34 heavy (non-hydrogen) atoms. The highest BCUT2D eigenvalue weighted by Crippen LogP contribution is 2.51. The number of amides is 2. The second-order valence-electron chi connectivity index (χ2n) is 9.24. The number of hydrogen-bond donors (Lipinski definition) is 2. The molecule has 0 spiro atoms. The van der Waals surface area contributed by atoms with Gasteiger partial charge in [-0.25, -0.2) is 4.79 Å². The van der Waals surface area contributed by atoms with Crippen LogP contribution < -0.4 is 5.32 Å². The predicted octanol–water partition coefficient (Wildman–Crippen LogP) is 2.72. The third kappa shape index (κ3) is 4.03. The summed E-state index contributed by atoms with van der Waals surface area (Å²) in [5.41, 5.74) is 4.53. The number of carboxylic acid groups (broad SMARTS) is 1. The summed E-state index contributed by atoms with van der Waals surface area (Å²) in [6, 6.07) is 15.4. The molecule has 178 valence electrons. The Morgan fingerprint density at radius 1 is 1.03 bits per heavy atom. The van der Waals surface area contributed by atoms with Crippen LogP contribution in [0.15, 0.2) is 48.5 Å². The first kappa shape index (κ1) is 22.4. The second kappa shape index (κ2) is 9.10. The highest BCUT2D eigenvalue weighted by Gasteiger charge is 2.60. The highest BCUT2D eigenvalue weighted by atomic mass is 16.5. The van der Waals surface area contributed by atoms with Crippen LogP contribution in [0, 0.1) is 17.8 Å². The van der Waals surface area contributed by atoms with E-state index in [4.69, 9.17) is 9.47 Å². The lowest BCUT2D eigenvalue weighted by atomic mass is 9.98. The monoisotopic (exact) mass is 464 g/mol. The Hall–Kier alpha value is -3.39. The normalized spacial score (nSPS) is 23.0. The summed E-state index contributed by atoms with van der Waals surface area (Å²) < 4.78 is 10.7. The van der Waals surface area contributed by atoms with Gasteiger partial charge < -0.3 is 24.8 Å². The molecule has 0 radical (unpaired) electrons. The largest absolute Gasteiger partial charge is 0.481 e. The number of aliphatic carboxylic acids is 1. The maximum Gasteiger partial charge on any atom is 0.407 e. The molecule has 8 heteroatoms. The minimum Gasteiger partial charge on any atom is -0.481 e. The van der Waals surface area contributed by atoms with Crippen LogP contribution in [0.3, 0.4) is 0 Å². The molecule has 2 N–H and O–H groups in total. The van der Waals surface area contributed by atoms with Crippen LogP contribution in [0.2, 0.25) is 0 Å². The first-order valence-corrected chi connectivity index (χ1v) is 11.6. The maximum absolute atomic E-state index is 13.1. The number of alkyl carbamates (subject to hydrolysis) is 1. The summed E-state index contributed by atoms with van der Waals surface area (Å²) >= 11 is 0. The first-order chi connectivity index (χ1) is 16.5. The summed E-state index contributed by atoms with van der Waals surface area (Å²) in [7, 11) is 1.54. The molecule has 1 saturated carbocycles. The number of hydrogen-bond acceptors (Lipinski definition) is 5. The van der Waals surface area contributed by atoms with E-state index in [1.165, 1.54) is 7.11 Å². The van der Waals surface area contributed by atoms with Crippen molar-refractivity contribution in [2.75, 3.05) is 33.4 Å². The Kier molecular flexibility index (Phi) is 6.00. The third-order valence-corrected chi connectivity index (χ3v) is 7.34. The summed E-state index contributed by atoms with van der Waals surface area (Å²) in [4.78, 5) is 38.6. The van der Waals surface area contributed by atoms with Crippen LogP contribution in [0.4, 0.5) is 4.79 Å². The van der Waals surface area contributed by atoms with E-state index in [-0.39, 0.29) is 36.2 Å². The number of carbonyl (C=O) groups excluding carboxylic acids is 2. The zero-order valence-corrected chi connectivity index (χ0v) is 19.0. The van der Waals surface area contributed by atoms with Crippen LogP contribution in [-0.2, 0) is 19.1 Å². The molecular weight excluding hydrogens is 436 g/mol. The fourth-order valence-corrected chi connectivity index (χ4v) is 5.57. The fourth-order valence-electron chi connectivity index (χ4n) is 5.57. The zero-order chi connectivity index (χ0) is 23.8. The quantitative estimate of drug-likeness (QED) is 0.623. The zero-order valence-electron chi connectivity index (χ0n) is 19.0. The predicted molar refractivity (Wildman–Crippen MR) is 123 cm³/mol. The van der Waals surface area contributed by atoms with Crippen LogP contribution >= 0.6 is 0 Å². The average molecular weight is 465 g/mol. The number of nitrogens with one attached hydrogen (secondary N) is 1. The maximum atomic E-state index is 13.1. The van der Waals surface area contributed by atoms with E-state index in [9.17, 15) is 19.5 Å². The molecule has 5 rings (SSSR count). The summed E-state index contributed by atoms with van der Waals surface area (Å²) in [5.74, 6) is -1.41. The van der Waals surface area contributed by atoms with Gasteiger partial charge in [-0.3, -0.25) is 9.59 Å². The van der Waals surface area contributed by atoms with E-state index in [1.807, 2.05) is 24.3 Å². The number of nitrogens with zero attached hydrogens (tertiary/aromatic N) is 1. The van der Waals surface area contributed by atoms with Gasteiger partial charge in [-0.1, -0.05) is 48.5 Å². The van der Waals surface area contributed by atoms with Crippen molar-refractivity contribution in [2.24, 2.45) is 17.8 Å². The average Bonchev–Trinajstić information content (AvgIpc) is 3.20. The molecule has 2 aliphatic carbocycles. The van der Waals surface area contributed by atoms with Gasteiger partial charge in [-0.05, 0) is 34.1 Å². The molecule has 8 nitrogen and oxygen atoms in total. The van der Waals surface area contributed by atoms with Crippen molar-refractivity contribution in [2.45, 2.75) is 18.4 Å². The number of rotatable bonds is 8. The first-order valence-electron chi connectivity index (χ1n) is 11.6. The molecule has 2 unspecified atom stereocenters. The van der Waals surface area contributed by atoms with Crippen LogP contribution in [0.1, 0.15) is 23.5 Å². The lowest BCUT2D eigenvalue weighted by Gasteiger charge is -2.26. The van der Waals surface area contributed by atoms with Crippen molar-refractivity contribution in [1.82, 2.24) is 10.2 Å². The topological polar surface area (TPSA) is 105 Å². The Labute approximate surface area is 197 Å². The molecule has 0 aromatic heterocycles. The molecule has 3 aliphatic rings. The van der Waals surface area contributed by atoms with Crippen molar-refractivity contribution in [3.8, 4) is 11.1 Å². The Morgan fingerprint density at radius 3 is 2.18 bits per heavy atom. The van der Waals surface area contributed by atoms with Crippen molar-refractivity contribution in [1.29, 1.82) is 0 Å². The number of benzene rings is 2. The summed E-state index contributed by atoms with van der Waals surface area (Å²) in [6.07, 6.45) is -0.336. The van der Waals surface area contributed by atoms with Gasteiger partial charge >= 0.3 is 12.1 Å². The summed E-state index contributed by atoms with van der Waals surface area (Å²) in [5, 5.41) is 11.9. The molecule has 2 amide bonds. The van der Waals surface area contributed by atoms with E-state index in [2.05, 4.69) is 29.6 Å². The van der Waals surface area contributed by atoms with Crippen molar-refractivity contribution >= 4 is 18.0 Å². The van der Waals surface area contributed by atoms with Gasteiger partial charge in [0.2, 0.25) is 5.91 Å². The molecule has 1 aliphatic heterocycles. The van der Waals surface area contributed by atoms with Crippen LogP contribution in [0.5, 0.6) is 0 Å². The molecule has 2 aromatic rings. The lowest BCUT2D eigenvalue weighted by Crippen LogP contribution is -2.49. The minimum atomic E-state index is -0.796. The fraction of sp³-hybridized carbons (Fsp3) is 0.423. The smallest absolute Gasteiger partial charge is 0.407 e. The minimum absolute atomic E-state index is 0.0129. The van der Waals surface area contributed by atoms with Crippen LogP contribution in [-0.4, -0.2) is 67.4 Å².